The molecule has 0 bridgehead atoms. The van der Waals surface area contributed by atoms with Gasteiger partial charge in [0.05, 0.1) is 5.60 Å². The fraction of sp³-hybridized carbons (Fsp3) is 0.571. The molecule has 3 nitrogen and oxygen atoms in total. The van der Waals surface area contributed by atoms with Crippen molar-refractivity contribution in [3.05, 3.63) is 30.1 Å². The van der Waals surface area contributed by atoms with E-state index in [2.05, 4.69) is 5.32 Å². The van der Waals surface area contributed by atoms with E-state index in [-0.39, 0.29) is 17.6 Å². The quantitative estimate of drug-likeness (QED) is 0.735. The van der Waals surface area contributed by atoms with Gasteiger partial charge in [-0.15, -0.1) is 0 Å². The summed E-state index contributed by atoms with van der Waals surface area (Å²) >= 11 is 0. The third-order valence-electron chi connectivity index (χ3n) is 2.49. The molecular weight excluding hydrogens is 233 g/mol. The van der Waals surface area contributed by atoms with Gasteiger partial charge in [0.15, 0.2) is 11.6 Å². The van der Waals surface area contributed by atoms with Crippen molar-refractivity contribution >= 4 is 0 Å². The molecule has 0 aromatic heterocycles. The zero-order valence-electron chi connectivity index (χ0n) is 11.2. The van der Waals surface area contributed by atoms with Crippen molar-refractivity contribution in [1.82, 2.24) is 5.32 Å². The first-order valence-corrected chi connectivity index (χ1v) is 6.21. The number of aliphatic hydroxyl groups is 1. The lowest BCUT2D eigenvalue weighted by atomic mass is 10.0. The van der Waals surface area contributed by atoms with Crippen LogP contribution in [0.4, 0.5) is 4.39 Å². The second-order valence-corrected chi connectivity index (χ2v) is 5.15. The van der Waals surface area contributed by atoms with Crippen LogP contribution in [-0.2, 0) is 0 Å². The van der Waals surface area contributed by atoms with Crippen molar-refractivity contribution in [3.8, 4) is 5.75 Å². The van der Waals surface area contributed by atoms with Gasteiger partial charge in [-0.3, -0.25) is 0 Å². The van der Waals surface area contributed by atoms with Crippen LogP contribution in [-0.4, -0.2) is 29.9 Å². The highest BCUT2D eigenvalue weighted by atomic mass is 19.1. The van der Waals surface area contributed by atoms with Crippen molar-refractivity contribution < 1.29 is 14.2 Å². The van der Waals surface area contributed by atoms with E-state index in [1.54, 1.807) is 32.0 Å². The average Bonchev–Trinajstić information content (AvgIpc) is 2.24. The van der Waals surface area contributed by atoms with Gasteiger partial charge >= 0.3 is 0 Å². The van der Waals surface area contributed by atoms with E-state index in [4.69, 9.17) is 4.74 Å². The van der Waals surface area contributed by atoms with Crippen LogP contribution in [0, 0.1) is 5.82 Å². The fourth-order valence-electron chi connectivity index (χ4n) is 1.85. The monoisotopic (exact) mass is 255 g/mol. The maximum atomic E-state index is 13.2. The first-order valence-electron chi connectivity index (χ1n) is 6.21. The molecule has 102 valence electrons. The van der Waals surface area contributed by atoms with Gasteiger partial charge in [-0.1, -0.05) is 12.1 Å². The molecule has 0 aliphatic heterocycles. The maximum absolute atomic E-state index is 13.2. The van der Waals surface area contributed by atoms with Crippen molar-refractivity contribution in [2.45, 2.75) is 38.8 Å². The Bertz CT molecular complexity index is 363. The molecule has 0 saturated heterocycles. The minimum atomic E-state index is -0.682. The van der Waals surface area contributed by atoms with Crippen molar-refractivity contribution in [3.63, 3.8) is 0 Å². The summed E-state index contributed by atoms with van der Waals surface area (Å²) in [5, 5.41) is 12.9. The molecule has 0 saturated carbocycles. The highest BCUT2D eigenvalue weighted by Crippen LogP contribution is 2.15. The first kappa shape index (κ1) is 14.9. The Hall–Kier alpha value is -1.13. The summed E-state index contributed by atoms with van der Waals surface area (Å²) in [6, 6.07) is 6.54. The summed E-state index contributed by atoms with van der Waals surface area (Å²) in [6.45, 7) is 6.58. The number of rotatable bonds is 7. The zero-order valence-corrected chi connectivity index (χ0v) is 11.2. The summed E-state index contributed by atoms with van der Waals surface area (Å²) in [6.07, 6.45) is 0.659. The molecule has 4 heteroatoms. The molecule has 0 aliphatic rings. The van der Waals surface area contributed by atoms with Crippen LogP contribution < -0.4 is 10.1 Å². The van der Waals surface area contributed by atoms with Crippen LogP contribution in [0.25, 0.3) is 0 Å². The summed E-state index contributed by atoms with van der Waals surface area (Å²) in [4.78, 5) is 0. The molecule has 1 aromatic carbocycles. The number of nitrogens with one attached hydrogen (secondary N) is 1. The predicted octanol–water partition coefficient (Wildman–Crippen LogP) is 2.34. The smallest absolute Gasteiger partial charge is 0.165 e. The van der Waals surface area contributed by atoms with E-state index in [1.165, 1.54) is 6.07 Å². The Morgan fingerprint density at radius 1 is 1.39 bits per heavy atom. The normalized spacial score (nSPS) is 13.4. The number of benzene rings is 1. The van der Waals surface area contributed by atoms with Crippen LogP contribution in [0.2, 0.25) is 0 Å². The fourth-order valence-corrected chi connectivity index (χ4v) is 1.85. The molecule has 0 spiro atoms. The molecule has 0 radical (unpaired) electrons. The molecule has 0 heterocycles. The molecule has 18 heavy (non-hydrogen) atoms. The van der Waals surface area contributed by atoms with Crippen LogP contribution in [0.5, 0.6) is 5.75 Å². The van der Waals surface area contributed by atoms with Crippen LogP contribution in [0.3, 0.4) is 0 Å². The maximum Gasteiger partial charge on any atom is 0.165 e. The molecule has 1 atom stereocenters. The number of para-hydroxylation sites is 1. The first-order chi connectivity index (χ1) is 8.38. The van der Waals surface area contributed by atoms with Crippen LogP contribution in [0.1, 0.15) is 27.2 Å². The van der Waals surface area contributed by atoms with E-state index in [0.717, 1.165) is 0 Å². The zero-order chi connectivity index (χ0) is 13.6. The van der Waals surface area contributed by atoms with Gasteiger partial charge in [0.2, 0.25) is 0 Å². The van der Waals surface area contributed by atoms with E-state index in [9.17, 15) is 9.50 Å². The van der Waals surface area contributed by atoms with E-state index >= 15 is 0 Å². The Balaban J connectivity index is 2.21. The van der Waals surface area contributed by atoms with E-state index in [0.29, 0.717) is 19.6 Å². The largest absolute Gasteiger partial charge is 0.489 e. The highest BCUT2D eigenvalue weighted by Gasteiger charge is 2.16. The van der Waals surface area contributed by atoms with Gasteiger partial charge in [-0.05, 0) is 39.3 Å². The molecule has 0 aliphatic carbocycles. The summed E-state index contributed by atoms with van der Waals surface area (Å²) in [7, 11) is 0. The van der Waals surface area contributed by atoms with Gasteiger partial charge in [0, 0.05) is 12.6 Å². The molecule has 0 fully saturated rings. The third kappa shape index (κ3) is 5.98. The summed E-state index contributed by atoms with van der Waals surface area (Å²) in [5.41, 5.74) is -0.682. The summed E-state index contributed by atoms with van der Waals surface area (Å²) < 4.78 is 18.5. The lowest BCUT2D eigenvalue weighted by molar-refractivity contribution is 0.0608. The Morgan fingerprint density at radius 3 is 2.67 bits per heavy atom. The van der Waals surface area contributed by atoms with Crippen LogP contribution in [0.15, 0.2) is 24.3 Å². The minimum Gasteiger partial charge on any atom is -0.489 e. The van der Waals surface area contributed by atoms with Gasteiger partial charge in [-0.2, -0.15) is 0 Å². The second kappa shape index (κ2) is 6.71. The van der Waals surface area contributed by atoms with Gasteiger partial charge in [0.25, 0.3) is 0 Å². The predicted molar refractivity (Wildman–Crippen MR) is 70.3 cm³/mol. The van der Waals surface area contributed by atoms with Crippen molar-refractivity contribution in [1.29, 1.82) is 0 Å². The van der Waals surface area contributed by atoms with Gasteiger partial charge in [0.1, 0.15) is 6.61 Å². The minimum absolute atomic E-state index is 0.189. The molecular formula is C14H22FNO2. The Morgan fingerprint density at radius 2 is 2.06 bits per heavy atom. The third-order valence-corrected chi connectivity index (χ3v) is 2.49. The van der Waals surface area contributed by atoms with Crippen LogP contribution >= 0.6 is 0 Å². The van der Waals surface area contributed by atoms with Gasteiger partial charge < -0.3 is 15.2 Å². The molecule has 1 aromatic rings. The molecule has 1 unspecified atom stereocenters. The highest BCUT2D eigenvalue weighted by molar-refractivity contribution is 5.23. The van der Waals surface area contributed by atoms with Crippen molar-refractivity contribution in [2.24, 2.45) is 0 Å². The van der Waals surface area contributed by atoms with Crippen molar-refractivity contribution in [2.75, 3.05) is 13.2 Å². The lowest BCUT2D eigenvalue weighted by Gasteiger charge is -2.23. The number of halogens is 1. The van der Waals surface area contributed by atoms with E-state index in [1.807, 2.05) is 6.92 Å². The SMILES string of the molecule is CC(CC(C)(C)O)NCCOc1ccccc1F. The lowest BCUT2D eigenvalue weighted by Crippen LogP contribution is -2.36. The summed E-state index contributed by atoms with van der Waals surface area (Å²) in [5.74, 6) is -0.0727. The van der Waals surface area contributed by atoms with Gasteiger partial charge in [-0.25, -0.2) is 4.39 Å². The molecule has 1 rings (SSSR count). The number of hydrogen-bond acceptors (Lipinski definition) is 3. The number of ether oxygens (including phenoxy) is 1. The standard InChI is InChI=1S/C14H22FNO2/c1-11(10-14(2,3)17)16-8-9-18-13-7-5-4-6-12(13)15/h4-7,11,16-17H,8-10H2,1-3H3. The second-order valence-electron chi connectivity index (χ2n) is 5.15. The molecule has 0 amide bonds. The molecule has 2 N–H and O–H groups in total. The topological polar surface area (TPSA) is 41.5 Å². The van der Waals surface area contributed by atoms with E-state index < -0.39 is 5.60 Å². The Labute approximate surface area is 108 Å². The number of hydrogen-bond donors (Lipinski definition) is 2. The Kier molecular flexibility index (Phi) is 5.56. The average molecular weight is 255 g/mol.